The molecular weight excluding hydrogens is 234 g/mol. The average molecular weight is 253 g/mol. The summed E-state index contributed by atoms with van der Waals surface area (Å²) < 4.78 is 7.11. The number of carboxylic acid groups (broad SMARTS) is 1. The molecule has 18 heavy (non-hydrogen) atoms. The monoisotopic (exact) mass is 253 g/mol. The Morgan fingerprint density at radius 2 is 2.17 bits per heavy atom. The van der Waals surface area contributed by atoms with Crippen LogP contribution in [0.25, 0.3) is 0 Å². The zero-order valence-electron chi connectivity index (χ0n) is 11.2. The molecule has 0 radical (unpaired) electrons. The van der Waals surface area contributed by atoms with E-state index in [1.165, 1.54) is 0 Å². The van der Waals surface area contributed by atoms with Gasteiger partial charge in [0.25, 0.3) is 0 Å². The van der Waals surface area contributed by atoms with Gasteiger partial charge in [0.15, 0.2) is 0 Å². The summed E-state index contributed by atoms with van der Waals surface area (Å²) in [5, 5.41) is 13.6. The lowest BCUT2D eigenvalue weighted by atomic mass is 10.0. The summed E-state index contributed by atoms with van der Waals surface area (Å²) >= 11 is 0. The quantitative estimate of drug-likeness (QED) is 0.853. The van der Waals surface area contributed by atoms with Gasteiger partial charge in [-0.15, -0.1) is 0 Å². The zero-order valence-corrected chi connectivity index (χ0v) is 11.2. The molecule has 1 aliphatic rings. The Morgan fingerprint density at radius 3 is 2.72 bits per heavy atom. The molecule has 1 saturated heterocycles. The molecule has 0 spiro atoms. The second-order valence-electron chi connectivity index (χ2n) is 5.23. The summed E-state index contributed by atoms with van der Waals surface area (Å²) in [5.41, 5.74) is 0.595. The number of carboxylic acids is 1. The first-order chi connectivity index (χ1) is 8.34. The number of morpholine rings is 1. The minimum absolute atomic E-state index is 0.233. The van der Waals surface area contributed by atoms with E-state index in [0.29, 0.717) is 31.3 Å². The Bertz CT molecular complexity index is 479. The molecule has 1 aliphatic heterocycles. The summed E-state index contributed by atoms with van der Waals surface area (Å²) in [7, 11) is 1.78. The number of aryl methyl sites for hydroxylation is 2. The zero-order chi connectivity index (χ0) is 13.5. The fourth-order valence-corrected chi connectivity index (χ4v) is 2.46. The first-order valence-electron chi connectivity index (χ1n) is 5.97. The standard InChI is InChI=1S/C12H19N3O3/c1-8-9(11(16)17)10(14(4)13-8)15-5-6-18-7-12(15,2)3/h5-7H2,1-4H3,(H,16,17). The van der Waals surface area contributed by atoms with E-state index in [1.807, 2.05) is 13.8 Å². The topological polar surface area (TPSA) is 67.6 Å². The largest absolute Gasteiger partial charge is 0.477 e. The number of aromatic nitrogens is 2. The molecule has 0 amide bonds. The van der Waals surface area contributed by atoms with Gasteiger partial charge in [-0.2, -0.15) is 5.10 Å². The van der Waals surface area contributed by atoms with Gasteiger partial charge >= 0.3 is 5.97 Å². The lowest BCUT2D eigenvalue weighted by molar-refractivity contribution is 0.0621. The van der Waals surface area contributed by atoms with Gasteiger partial charge in [0.1, 0.15) is 11.4 Å². The van der Waals surface area contributed by atoms with E-state index in [2.05, 4.69) is 10.00 Å². The predicted octanol–water partition coefficient (Wildman–Crippen LogP) is 1.04. The maximum absolute atomic E-state index is 11.4. The molecular formula is C12H19N3O3. The van der Waals surface area contributed by atoms with Crippen LogP contribution in [0.1, 0.15) is 29.9 Å². The molecule has 0 bridgehead atoms. The maximum atomic E-state index is 11.4. The molecule has 1 fully saturated rings. The fraction of sp³-hybridized carbons (Fsp3) is 0.667. The molecule has 2 heterocycles. The molecule has 100 valence electrons. The normalized spacial score (nSPS) is 19.0. The highest BCUT2D eigenvalue weighted by atomic mass is 16.5. The SMILES string of the molecule is Cc1nn(C)c(N2CCOCC2(C)C)c1C(=O)O. The third-order valence-electron chi connectivity index (χ3n) is 3.31. The third-order valence-corrected chi connectivity index (χ3v) is 3.31. The molecule has 0 aromatic carbocycles. The molecule has 6 heteroatoms. The maximum Gasteiger partial charge on any atom is 0.341 e. The van der Waals surface area contributed by atoms with E-state index in [-0.39, 0.29) is 11.1 Å². The van der Waals surface area contributed by atoms with Gasteiger partial charge in [-0.1, -0.05) is 0 Å². The molecule has 0 atom stereocenters. The van der Waals surface area contributed by atoms with Crippen LogP contribution in [-0.2, 0) is 11.8 Å². The highest BCUT2D eigenvalue weighted by molar-refractivity contribution is 5.95. The molecule has 1 aromatic heterocycles. The second kappa shape index (κ2) is 4.28. The van der Waals surface area contributed by atoms with Crippen LogP contribution >= 0.6 is 0 Å². The molecule has 1 aromatic rings. The van der Waals surface area contributed by atoms with Crippen molar-refractivity contribution < 1.29 is 14.6 Å². The van der Waals surface area contributed by atoms with Crippen molar-refractivity contribution in [2.75, 3.05) is 24.7 Å². The minimum atomic E-state index is -0.933. The van der Waals surface area contributed by atoms with Gasteiger partial charge in [0, 0.05) is 13.6 Å². The van der Waals surface area contributed by atoms with Crippen molar-refractivity contribution in [2.24, 2.45) is 7.05 Å². The van der Waals surface area contributed by atoms with Crippen LogP contribution in [0.15, 0.2) is 0 Å². The Labute approximate surface area is 106 Å². The Morgan fingerprint density at radius 1 is 1.50 bits per heavy atom. The average Bonchev–Trinajstić information content (AvgIpc) is 2.53. The smallest absolute Gasteiger partial charge is 0.341 e. The number of hydrogen-bond donors (Lipinski definition) is 1. The van der Waals surface area contributed by atoms with E-state index < -0.39 is 5.97 Å². The molecule has 1 N–H and O–H groups in total. The highest BCUT2D eigenvalue weighted by Crippen LogP contribution is 2.31. The second-order valence-corrected chi connectivity index (χ2v) is 5.23. The third kappa shape index (κ3) is 1.96. The summed E-state index contributed by atoms with van der Waals surface area (Å²) in [4.78, 5) is 13.5. The number of rotatable bonds is 2. The molecule has 2 rings (SSSR count). The van der Waals surface area contributed by atoms with Crippen LogP contribution in [0.4, 0.5) is 5.82 Å². The fourth-order valence-electron chi connectivity index (χ4n) is 2.46. The summed E-state index contributed by atoms with van der Waals surface area (Å²) in [6, 6.07) is 0. The van der Waals surface area contributed by atoms with E-state index in [9.17, 15) is 9.90 Å². The van der Waals surface area contributed by atoms with E-state index >= 15 is 0 Å². The van der Waals surface area contributed by atoms with Gasteiger partial charge < -0.3 is 14.7 Å². The van der Waals surface area contributed by atoms with Crippen LogP contribution in [-0.4, -0.2) is 46.2 Å². The van der Waals surface area contributed by atoms with E-state index in [1.54, 1.807) is 18.7 Å². The van der Waals surface area contributed by atoms with Gasteiger partial charge in [-0.25, -0.2) is 4.79 Å². The first-order valence-corrected chi connectivity index (χ1v) is 5.97. The van der Waals surface area contributed by atoms with Crippen molar-refractivity contribution in [3.05, 3.63) is 11.3 Å². The van der Waals surface area contributed by atoms with Crippen molar-refractivity contribution in [1.29, 1.82) is 0 Å². The van der Waals surface area contributed by atoms with Crippen molar-refractivity contribution in [1.82, 2.24) is 9.78 Å². The number of ether oxygens (including phenoxy) is 1. The van der Waals surface area contributed by atoms with Gasteiger partial charge in [-0.3, -0.25) is 4.68 Å². The van der Waals surface area contributed by atoms with Crippen LogP contribution in [0.5, 0.6) is 0 Å². The van der Waals surface area contributed by atoms with Crippen molar-refractivity contribution in [3.63, 3.8) is 0 Å². The number of carbonyl (C=O) groups is 1. The first kappa shape index (κ1) is 12.9. The van der Waals surface area contributed by atoms with Crippen LogP contribution in [0, 0.1) is 6.92 Å². The molecule has 0 saturated carbocycles. The number of nitrogens with zero attached hydrogens (tertiary/aromatic N) is 3. The van der Waals surface area contributed by atoms with Crippen molar-refractivity contribution >= 4 is 11.8 Å². The van der Waals surface area contributed by atoms with Gasteiger partial charge in [0.2, 0.25) is 0 Å². The van der Waals surface area contributed by atoms with E-state index in [4.69, 9.17) is 4.74 Å². The molecule has 6 nitrogen and oxygen atoms in total. The lowest BCUT2D eigenvalue weighted by Gasteiger charge is -2.43. The minimum Gasteiger partial charge on any atom is -0.477 e. The lowest BCUT2D eigenvalue weighted by Crippen LogP contribution is -2.54. The van der Waals surface area contributed by atoms with Gasteiger partial charge in [0.05, 0.1) is 24.4 Å². The Balaban J connectivity index is 2.53. The van der Waals surface area contributed by atoms with Crippen molar-refractivity contribution in [3.8, 4) is 0 Å². The number of aromatic carboxylic acids is 1. The molecule has 0 aliphatic carbocycles. The Hall–Kier alpha value is -1.56. The van der Waals surface area contributed by atoms with Gasteiger partial charge in [-0.05, 0) is 20.8 Å². The van der Waals surface area contributed by atoms with Crippen LogP contribution in [0.3, 0.4) is 0 Å². The van der Waals surface area contributed by atoms with Crippen molar-refractivity contribution in [2.45, 2.75) is 26.3 Å². The number of anilines is 1. The summed E-state index contributed by atoms with van der Waals surface area (Å²) in [6.07, 6.45) is 0. The van der Waals surface area contributed by atoms with Crippen LogP contribution < -0.4 is 4.90 Å². The van der Waals surface area contributed by atoms with Crippen LogP contribution in [0.2, 0.25) is 0 Å². The van der Waals surface area contributed by atoms with E-state index in [0.717, 1.165) is 0 Å². The summed E-state index contributed by atoms with van der Waals surface area (Å²) in [6.45, 7) is 7.66. The summed E-state index contributed by atoms with van der Waals surface area (Å²) in [5.74, 6) is -0.272. The number of hydrogen-bond acceptors (Lipinski definition) is 4. The highest BCUT2D eigenvalue weighted by Gasteiger charge is 2.36. The predicted molar refractivity (Wildman–Crippen MR) is 67.1 cm³/mol. The Kier molecular flexibility index (Phi) is 3.06. The molecule has 0 unspecified atom stereocenters.